The zero-order valence-corrected chi connectivity index (χ0v) is 13.1. The van der Waals surface area contributed by atoms with Crippen LogP contribution in [0.3, 0.4) is 0 Å². The number of aromatic nitrogens is 1. The highest BCUT2D eigenvalue weighted by Gasteiger charge is 2.45. The number of nitrogens with zero attached hydrogens (tertiary/aromatic N) is 2. The molecule has 0 bridgehead atoms. The topological polar surface area (TPSA) is 79.7 Å². The third kappa shape index (κ3) is 3.71. The van der Waals surface area contributed by atoms with Gasteiger partial charge in [0.25, 0.3) is 0 Å². The van der Waals surface area contributed by atoms with Gasteiger partial charge in [-0.05, 0) is 52.3 Å². The van der Waals surface area contributed by atoms with Gasteiger partial charge in [-0.2, -0.15) is 0 Å². The number of amides is 1. The Morgan fingerprint density at radius 3 is 2.14 bits per heavy atom. The molecule has 21 heavy (non-hydrogen) atoms. The second kappa shape index (κ2) is 6.11. The molecule has 6 heteroatoms. The van der Waals surface area contributed by atoms with E-state index in [9.17, 15) is 14.7 Å². The SMILES string of the molecule is CCN(C(=O)OC(C)(C)C)C(C)(C(=O)O)c1ccncc1. The van der Waals surface area contributed by atoms with Crippen molar-refractivity contribution in [2.24, 2.45) is 0 Å². The fraction of sp³-hybridized carbons (Fsp3) is 0.533. The fourth-order valence-electron chi connectivity index (χ4n) is 2.02. The van der Waals surface area contributed by atoms with Crippen LogP contribution in [0.25, 0.3) is 0 Å². The molecule has 1 aromatic rings. The molecule has 6 nitrogen and oxygen atoms in total. The largest absolute Gasteiger partial charge is 0.479 e. The normalized spacial score (nSPS) is 14.1. The summed E-state index contributed by atoms with van der Waals surface area (Å²) in [6.45, 7) is 8.63. The van der Waals surface area contributed by atoms with Crippen molar-refractivity contribution >= 4 is 12.1 Å². The first-order valence-electron chi connectivity index (χ1n) is 6.77. The van der Waals surface area contributed by atoms with Crippen LogP contribution in [0.1, 0.15) is 40.2 Å². The molecule has 1 N–H and O–H groups in total. The number of likely N-dealkylation sites (N-methyl/N-ethyl adjacent to an activating group) is 1. The molecule has 0 aliphatic carbocycles. The Balaban J connectivity index is 3.25. The highest BCUT2D eigenvalue weighted by Crippen LogP contribution is 2.30. The standard InChI is InChI=1S/C15H22N2O4/c1-6-17(13(20)21-14(2,3)4)15(5,12(18)19)11-7-9-16-10-8-11/h7-10H,6H2,1-5H3,(H,18,19). The zero-order valence-electron chi connectivity index (χ0n) is 13.1. The van der Waals surface area contributed by atoms with Crippen LogP contribution >= 0.6 is 0 Å². The molecular weight excluding hydrogens is 272 g/mol. The molecule has 0 aliphatic heterocycles. The minimum absolute atomic E-state index is 0.208. The fourth-order valence-corrected chi connectivity index (χ4v) is 2.02. The van der Waals surface area contributed by atoms with E-state index in [1.807, 2.05) is 0 Å². The van der Waals surface area contributed by atoms with E-state index >= 15 is 0 Å². The number of rotatable bonds is 4. The molecule has 0 saturated heterocycles. The molecule has 1 heterocycles. The van der Waals surface area contributed by atoms with Crippen LogP contribution in [0, 0.1) is 0 Å². The van der Waals surface area contributed by atoms with Gasteiger partial charge in [0.1, 0.15) is 5.60 Å². The lowest BCUT2D eigenvalue weighted by molar-refractivity contribution is -0.150. The first-order valence-corrected chi connectivity index (χ1v) is 6.77. The van der Waals surface area contributed by atoms with Gasteiger partial charge in [0.15, 0.2) is 5.54 Å². The van der Waals surface area contributed by atoms with E-state index in [0.717, 1.165) is 0 Å². The molecule has 1 amide bonds. The van der Waals surface area contributed by atoms with Gasteiger partial charge < -0.3 is 9.84 Å². The van der Waals surface area contributed by atoms with Gasteiger partial charge in [0.05, 0.1) is 0 Å². The average molecular weight is 294 g/mol. The Morgan fingerprint density at radius 2 is 1.76 bits per heavy atom. The van der Waals surface area contributed by atoms with E-state index in [-0.39, 0.29) is 6.54 Å². The predicted octanol–water partition coefficient (Wildman–Crippen LogP) is 2.64. The molecule has 0 aliphatic rings. The third-order valence-electron chi connectivity index (χ3n) is 3.13. The number of carboxylic acid groups (broad SMARTS) is 1. The predicted molar refractivity (Wildman–Crippen MR) is 77.8 cm³/mol. The molecule has 1 aromatic heterocycles. The van der Waals surface area contributed by atoms with E-state index in [2.05, 4.69) is 4.98 Å². The van der Waals surface area contributed by atoms with Crippen LogP contribution in [-0.2, 0) is 15.1 Å². The van der Waals surface area contributed by atoms with Crippen molar-refractivity contribution in [1.82, 2.24) is 9.88 Å². The Bertz CT molecular complexity index is 510. The van der Waals surface area contributed by atoms with Gasteiger partial charge in [0.2, 0.25) is 0 Å². The quantitative estimate of drug-likeness (QED) is 0.923. The van der Waals surface area contributed by atoms with E-state index in [4.69, 9.17) is 4.74 Å². The lowest BCUT2D eigenvalue weighted by atomic mass is 9.91. The molecular formula is C15H22N2O4. The summed E-state index contributed by atoms with van der Waals surface area (Å²) in [6.07, 6.45) is 2.34. The van der Waals surface area contributed by atoms with Gasteiger partial charge in [-0.25, -0.2) is 9.59 Å². The number of ether oxygens (including phenoxy) is 1. The third-order valence-corrected chi connectivity index (χ3v) is 3.13. The van der Waals surface area contributed by atoms with Crippen LogP contribution < -0.4 is 0 Å². The van der Waals surface area contributed by atoms with Gasteiger partial charge in [-0.15, -0.1) is 0 Å². The number of pyridine rings is 1. The Morgan fingerprint density at radius 1 is 1.24 bits per heavy atom. The second-order valence-corrected chi connectivity index (χ2v) is 5.84. The van der Waals surface area contributed by atoms with E-state index < -0.39 is 23.2 Å². The monoisotopic (exact) mass is 294 g/mol. The summed E-state index contributed by atoms with van der Waals surface area (Å²) in [4.78, 5) is 29.2. The second-order valence-electron chi connectivity index (χ2n) is 5.84. The lowest BCUT2D eigenvalue weighted by Crippen LogP contribution is -2.53. The van der Waals surface area contributed by atoms with E-state index in [1.165, 1.54) is 24.2 Å². The van der Waals surface area contributed by atoms with Crippen LogP contribution in [-0.4, -0.2) is 39.2 Å². The van der Waals surface area contributed by atoms with Crippen LogP contribution in [0.15, 0.2) is 24.5 Å². The van der Waals surface area contributed by atoms with E-state index in [0.29, 0.717) is 5.56 Å². The Labute approximate surface area is 124 Å². The smallest absolute Gasteiger partial charge is 0.411 e. The van der Waals surface area contributed by atoms with Crippen molar-refractivity contribution in [3.05, 3.63) is 30.1 Å². The summed E-state index contributed by atoms with van der Waals surface area (Å²) in [7, 11) is 0. The molecule has 0 spiro atoms. The van der Waals surface area contributed by atoms with Gasteiger partial charge in [-0.1, -0.05) is 0 Å². The molecule has 1 rings (SSSR count). The van der Waals surface area contributed by atoms with Crippen LogP contribution in [0.4, 0.5) is 4.79 Å². The van der Waals surface area contributed by atoms with Crippen molar-refractivity contribution in [3.8, 4) is 0 Å². The van der Waals surface area contributed by atoms with Crippen LogP contribution in [0.2, 0.25) is 0 Å². The van der Waals surface area contributed by atoms with Crippen molar-refractivity contribution < 1.29 is 19.4 Å². The number of hydrogen-bond donors (Lipinski definition) is 1. The zero-order chi connectivity index (χ0) is 16.3. The molecule has 0 radical (unpaired) electrons. The maximum atomic E-state index is 12.3. The van der Waals surface area contributed by atoms with E-state index in [1.54, 1.807) is 39.8 Å². The summed E-state index contributed by atoms with van der Waals surface area (Å²) >= 11 is 0. The minimum atomic E-state index is -1.51. The van der Waals surface area contributed by atoms with Crippen LogP contribution in [0.5, 0.6) is 0 Å². The molecule has 116 valence electrons. The lowest BCUT2D eigenvalue weighted by Gasteiger charge is -2.38. The number of hydrogen-bond acceptors (Lipinski definition) is 4. The number of carbonyl (C=O) groups is 2. The first-order chi connectivity index (χ1) is 9.63. The van der Waals surface area contributed by atoms with Gasteiger partial charge in [0, 0.05) is 18.9 Å². The molecule has 1 atom stereocenters. The van der Waals surface area contributed by atoms with Gasteiger partial charge in [-0.3, -0.25) is 9.88 Å². The maximum Gasteiger partial charge on any atom is 0.411 e. The van der Waals surface area contributed by atoms with Gasteiger partial charge >= 0.3 is 12.1 Å². The number of aliphatic carboxylic acids is 1. The summed E-state index contributed by atoms with van der Waals surface area (Å²) < 4.78 is 5.32. The summed E-state index contributed by atoms with van der Waals surface area (Å²) in [5.41, 5.74) is -1.74. The summed E-state index contributed by atoms with van der Waals surface area (Å²) in [5.74, 6) is -1.12. The maximum absolute atomic E-state index is 12.3. The van der Waals surface area contributed by atoms with Crippen molar-refractivity contribution in [2.75, 3.05) is 6.54 Å². The van der Waals surface area contributed by atoms with Crippen molar-refractivity contribution in [3.63, 3.8) is 0 Å². The average Bonchev–Trinajstić information content (AvgIpc) is 2.37. The van der Waals surface area contributed by atoms with Crippen molar-refractivity contribution in [2.45, 2.75) is 45.8 Å². The minimum Gasteiger partial charge on any atom is -0.479 e. The Hall–Kier alpha value is -2.11. The highest BCUT2D eigenvalue weighted by molar-refractivity contribution is 5.85. The first kappa shape index (κ1) is 16.9. The molecule has 0 fully saturated rings. The number of carboxylic acids is 1. The molecule has 0 saturated carbocycles. The summed E-state index contributed by atoms with van der Waals surface area (Å²) in [6, 6.07) is 3.17. The number of carbonyl (C=O) groups excluding carboxylic acids is 1. The molecule has 1 unspecified atom stereocenters. The highest BCUT2D eigenvalue weighted by atomic mass is 16.6. The van der Waals surface area contributed by atoms with Crippen molar-refractivity contribution in [1.29, 1.82) is 0 Å². The Kier molecular flexibility index (Phi) is 4.93. The summed E-state index contributed by atoms with van der Waals surface area (Å²) in [5, 5.41) is 9.66. The molecule has 0 aromatic carbocycles.